The lowest BCUT2D eigenvalue weighted by atomic mass is 9.82. The summed E-state index contributed by atoms with van der Waals surface area (Å²) in [6, 6.07) is 9.19. The summed E-state index contributed by atoms with van der Waals surface area (Å²) in [5, 5.41) is 3.44. The first-order valence-corrected chi connectivity index (χ1v) is 12.7. The van der Waals surface area contributed by atoms with Gasteiger partial charge in [-0.1, -0.05) is 37.6 Å². The highest BCUT2D eigenvalue weighted by atomic mass is 32.2. The van der Waals surface area contributed by atoms with Crippen molar-refractivity contribution in [2.75, 3.05) is 29.9 Å². The lowest BCUT2D eigenvalue weighted by Gasteiger charge is -2.29. The fraction of sp³-hybridized carbons (Fsp3) is 0.538. The number of hydrogen-bond acceptors (Lipinski definition) is 3. The molecule has 0 aromatic heterocycles. The summed E-state index contributed by atoms with van der Waals surface area (Å²) in [6.07, 6.45) is 3.55. The van der Waals surface area contributed by atoms with Crippen molar-refractivity contribution in [1.82, 2.24) is 0 Å². The van der Waals surface area contributed by atoms with Crippen molar-refractivity contribution in [3.63, 3.8) is 0 Å². The Morgan fingerprint density at radius 1 is 1.03 bits per heavy atom. The Morgan fingerprint density at radius 2 is 1.84 bits per heavy atom. The maximum atomic E-state index is 13.7. The van der Waals surface area contributed by atoms with Gasteiger partial charge in [-0.2, -0.15) is 13.2 Å². The molecule has 1 saturated carbocycles. The molecule has 172 valence electrons. The predicted octanol–water partition coefficient (Wildman–Crippen LogP) is 7.60. The summed E-state index contributed by atoms with van der Waals surface area (Å²) in [7, 11) is 0. The van der Waals surface area contributed by atoms with E-state index in [9.17, 15) is 13.2 Å². The van der Waals surface area contributed by atoms with Crippen LogP contribution in [0.5, 0.6) is 0 Å². The second-order valence-electron chi connectivity index (χ2n) is 9.78. The monoisotopic (exact) mass is 460 g/mol. The van der Waals surface area contributed by atoms with Crippen molar-refractivity contribution in [3.8, 4) is 0 Å². The van der Waals surface area contributed by atoms with Crippen molar-refractivity contribution in [1.29, 1.82) is 0 Å². The van der Waals surface area contributed by atoms with E-state index in [1.165, 1.54) is 60.8 Å². The Hall–Kier alpha value is -1.82. The van der Waals surface area contributed by atoms with Gasteiger partial charge >= 0.3 is 6.18 Å². The van der Waals surface area contributed by atoms with Crippen LogP contribution in [-0.4, -0.2) is 19.6 Å². The van der Waals surface area contributed by atoms with E-state index < -0.39 is 11.7 Å². The summed E-state index contributed by atoms with van der Waals surface area (Å²) in [5.74, 6) is 1.24. The van der Waals surface area contributed by atoms with Crippen LogP contribution < -0.4 is 10.2 Å². The standard InChI is InChI=1S/C26H31F3N2S/c1-17-5-4-6-18(11-17)16-30-23-13-20(26(27,28)29)14-25-22(23)12-19-7-8-21(15-24(19)32-25)31-9-2-3-10-31/h7-8,13-15,17-18,30H,2-6,9-12,16H2,1H3. The van der Waals surface area contributed by atoms with E-state index in [0.29, 0.717) is 23.9 Å². The minimum absolute atomic E-state index is 0.537. The smallest absolute Gasteiger partial charge is 0.384 e. The highest BCUT2D eigenvalue weighted by molar-refractivity contribution is 7.99. The molecule has 2 fully saturated rings. The molecule has 2 aromatic carbocycles. The molecular weight excluding hydrogens is 429 g/mol. The van der Waals surface area contributed by atoms with Gasteiger partial charge < -0.3 is 10.2 Å². The van der Waals surface area contributed by atoms with E-state index in [0.717, 1.165) is 47.8 Å². The van der Waals surface area contributed by atoms with Crippen LogP contribution in [0.2, 0.25) is 0 Å². The average Bonchev–Trinajstić information content (AvgIpc) is 3.30. The molecule has 0 amide bonds. The van der Waals surface area contributed by atoms with Crippen molar-refractivity contribution >= 4 is 23.1 Å². The van der Waals surface area contributed by atoms with Gasteiger partial charge in [-0.15, -0.1) is 0 Å². The third-order valence-corrected chi connectivity index (χ3v) is 8.46. The van der Waals surface area contributed by atoms with E-state index in [-0.39, 0.29) is 0 Å². The second-order valence-corrected chi connectivity index (χ2v) is 10.9. The third-order valence-electron chi connectivity index (χ3n) is 7.27. The fourth-order valence-corrected chi connectivity index (χ4v) is 6.68. The Labute approximate surface area is 193 Å². The molecule has 2 aromatic rings. The van der Waals surface area contributed by atoms with Crippen LogP contribution in [0, 0.1) is 11.8 Å². The van der Waals surface area contributed by atoms with Gasteiger partial charge in [0.15, 0.2) is 0 Å². The Bertz CT molecular complexity index is 982. The number of alkyl halides is 3. The Morgan fingerprint density at radius 3 is 2.59 bits per heavy atom. The molecule has 2 atom stereocenters. The molecule has 2 nitrogen and oxygen atoms in total. The zero-order valence-corrected chi connectivity index (χ0v) is 19.4. The van der Waals surface area contributed by atoms with Crippen molar-refractivity contribution in [2.45, 2.75) is 67.8 Å². The SMILES string of the molecule is CC1CCCC(CNc2cc(C(F)(F)F)cc3c2Cc2ccc(N4CCCC4)cc2S3)C1. The van der Waals surface area contributed by atoms with E-state index in [4.69, 9.17) is 0 Å². The zero-order chi connectivity index (χ0) is 22.3. The molecule has 32 heavy (non-hydrogen) atoms. The van der Waals surface area contributed by atoms with Crippen LogP contribution in [0.3, 0.4) is 0 Å². The lowest BCUT2D eigenvalue weighted by Crippen LogP contribution is -2.22. The first-order chi connectivity index (χ1) is 15.4. The third kappa shape index (κ3) is 4.61. The molecule has 5 rings (SSSR count). The summed E-state index contributed by atoms with van der Waals surface area (Å²) in [5.41, 5.74) is 3.51. The van der Waals surface area contributed by atoms with Crippen molar-refractivity contribution in [3.05, 3.63) is 47.0 Å². The van der Waals surface area contributed by atoms with Gasteiger partial charge in [-0.25, -0.2) is 0 Å². The van der Waals surface area contributed by atoms with Crippen molar-refractivity contribution < 1.29 is 13.2 Å². The molecule has 0 bridgehead atoms. The number of rotatable bonds is 4. The Kier molecular flexibility index (Phi) is 6.08. The van der Waals surface area contributed by atoms with Gasteiger partial charge in [0.2, 0.25) is 0 Å². The fourth-order valence-electron chi connectivity index (χ4n) is 5.50. The second kappa shape index (κ2) is 8.85. The molecule has 2 heterocycles. The minimum atomic E-state index is -4.34. The van der Waals surface area contributed by atoms with Gasteiger partial charge in [-0.3, -0.25) is 0 Å². The minimum Gasteiger partial charge on any atom is -0.384 e. The molecule has 0 radical (unpaired) electrons. The van der Waals surface area contributed by atoms with E-state index >= 15 is 0 Å². The molecule has 0 spiro atoms. The largest absolute Gasteiger partial charge is 0.416 e. The highest BCUT2D eigenvalue weighted by Gasteiger charge is 2.33. The van der Waals surface area contributed by atoms with E-state index in [1.807, 2.05) is 0 Å². The van der Waals surface area contributed by atoms with Gasteiger partial charge in [0.1, 0.15) is 0 Å². The summed E-state index contributed by atoms with van der Waals surface area (Å²) >= 11 is 1.50. The van der Waals surface area contributed by atoms with Gasteiger partial charge in [0.25, 0.3) is 0 Å². The zero-order valence-electron chi connectivity index (χ0n) is 18.6. The first kappa shape index (κ1) is 22.0. The number of fused-ring (bicyclic) bond motifs is 2. The summed E-state index contributed by atoms with van der Waals surface area (Å²) < 4.78 is 41.1. The van der Waals surface area contributed by atoms with E-state index in [1.54, 1.807) is 0 Å². The summed E-state index contributed by atoms with van der Waals surface area (Å²) in [4.78, 5) is 4.21. The van der Waals surface area contributed by atoms with Crippen LogP contribution >= 0.6 is 11.8 Å². The first-order valence-electron chi connectivity index (χ1n) is 11.9. The lowest BCUT2D eigenvalue weighted by molar-refractivity contribution is -0.137. The highest BCUT2D eigenvalue weighted by Crippen LogP contribution is 2.46. The van der Waals surface area contributed by atoms with Crippen LogP contribution in [0.1, 0.15) is 62.1 Å². The molecule has 1 saturated heterocycles. The number of halogens is 3. The predicted molar refractivity (Wildman–Crippen MR) is 126 cm³/mol. The topological polar surface area (TPSA) is 15.3 Å². The quantitative estimate of drug-likeness (QED) is 0.432. The maximum Gasteiger partial charge on any atom is 0.416 e. The molecule has 2 aliphatic heterocycles. The molecule has 3 aliphatic rings. The molecule has 1 aliphatic carbocycles. The van der Waals surface area contributed by atoms with Crippen LogP contribution in [0.25, 0.3) is 0 Å². The summed E-state index contributed by atoms with van der Waals surface area (Å²) in [6.45, 7) is 5.16. The van der Waals surface area contributed by atoms with Crippen LogP contribution in [-0.2, 0) is 12.6 Å². The average molecular weight is 461 g/mol. The molecule has 2 unspecified atom stereocenters. The normalized spacial score (nSPS) is 23.1. The molecular formula is C26H31F3N2S. The Balaban J connectivity index is 1.43. The molecule has 6 heteroatoms. The van der Waals surface area contributed by atoms with Crippen LogP contribution in [0.4, 0.5) is 24.5 Å². The van der Waals surface area contributed by atoms with Crippen LogP contribution in [0.15, 0.2) is 40.1 Å². The van der Waals surface area contributed by atoms with Crippen molar-refractivity contribution in [2.24, 2.45) is 11.8 Å². The number of anilines is 2. The van der Waals surface area contributed by atoms with E-state index in [2.05, 4.69) is 35.3 Å². The van der Waals surface area contributed by atoms with Gasteiger partial charge in [0.05, 0.1) is 5.56 Å². The maximum absolute atomic E-state index is 13.7. The number of nitrogens with zero attached hydrogens (tertiary/aromatic N) is 1. The molecule has 1 N–H and O–H groups in total. The van der Waals surface area contributed by atoms with Gasteiger partial charge in [-0.05, 0) is 72.9 Å². The number of nitrogens with one attached hydrogen (secondary N) is 1. The number of benzene rings is 2. The number of hydrogen-bond donors (Lipinski definition) is 1. The van der Waals surface area contributed by atoms with Gasteiger partial charge in [0, 0.05) is 47.2 Å².